The van der Waals surface area contributed by atoms with E-state index in [-0.39, 0.29) is 0 Å². The minimum Gasteiger partial charge on any atom is -0.477 e. The highest BCUT2D eigenvalue weighted by atomic mass is 16.4. The smallest absolute Gasteiger partial charge is 0.352 e. The summed E-state index contributed by atoms with van der Waals surface area (Å²) >= 11 is 0. The summed E-state index contributed by atoms with van der Waals surface area (Å²) in [6.45, 7) is 5.38. The van der Waals surface area contributed by atoms with Gasteiger partial charge in [0.25, 0.3) is 0 Å². The summed E-state index contributed by atoms with van der Waals surface area (Å²) < 4.78 is 1.94. The van der Waals surface area contributed by atoms with Gasteiger partial charge >= 0.3 is 5.97 Å². The fraction of sp³-hybridized carbons (Fsp3) is 0.571. The van der Waals surface area contributed by atoms with E-state index in [1.807, 2.05) is 11.5 Å². The molecule has 2 N–H and O–H groups in total. The molecule has 0 saturated heterocycles. The predicted molar refractivity (Wildman–Crippen MR) is 102 cm³/mol. The molecule has 0 amide bonds. The van der Waals surface area contributed by atoms with Gasteiger partial charge < -0.3 is 15.0 Å². The molecular formula is C21H30N2O2. The Kier molecular flexibility index (Phi) is 5.79. The summed E-state index contributed by atoms with van der Waals surface area (Å²) in [5.74, 6) is -0.829. The number of benzene rings is 1. The number of hydrogen-bond donors (Lipinski definition) is 2. The lowest BCUT2D eigenvalue weighted by Gasteiger charge is -2.21. The number of aromatic carboxylic acids is 1. The molecule has 0 unspecified atom stereocenters. The maximum atomic E-state index is 12.0. The summed E-state index contributed by atoms with van der Waals surface area (Å²) in [7, 11) is 0. The Morgan fingerprint density at radius 3 is 2.52 bits per heavy atom. The number of carboxylic acid groups (broad SMARTS) is 1. The number of rotatable bonds is 5. The van der Waals surface area contributed by atoms with Crippen LogP contribution in [-0.2, 0) is 13.1 Å². The molecule has 1 heterocycles. The number of fused-ring (bicyclic) bond motifs is 1. The van der Waals surface area contributed by atoms with Gasteiger partial charge in [0.05, 0.1) is 0 Å². The van der Waals surface area contributed by atoms with Crippen molar-refractivity contribution in [2.75, 3.05) is 0 Å². The van der Waals surface area contributed by atoms with Crippen molar-refractivity contribution >= 4 is 16.9 Å². The van der Waals surface area contributed by atoms with Crippen LogP contribution in [0.5, 0.6) is 0 Å². The van der Waals surface area contributed by atoms with E-state index in [9.17, 15) is 9.90 Å². The molecule has 1 aliphatic rings. The molecule has 0 bridgehead atoms. The molecule has 25 heavy (non-hydrogen) atoms. The van der Waals surface area contributed by atoms with Crippen LogP contribution in [0.25, 0.3) is 10.9 Å². The van der Waals surface area contributed by atoms with Crippen molar-refractivity contribution in [1.29, 1.82) is 0 Å². The molecule has 0 radical (unpaired) electrons. The molecule has 136 valence electrons. The van der Waals surface area contributed by atoms with Gasteiger partial charge in [0, 0.05) is 35.6 Å². The van der Waals surface area contributed by atoms with E-state index >= 15 is 0 Å². The molecule has 1 aromatic carbocycles. The zero-order valence-corrected chi connectivity index (χ0v) is 15.5. The Morgan fingerprint density at radius 2 is 1.88 bits per heavy atom. The van der Waals surface area contributed by atoms with E-state index in [1.165, 1.54) is 44.9 Å². The van der Waals surface area contributed by atoms with E-state index in [4.69, 9.17) is 0 Å². The number of nitrogens with zero attached hydrogens (tertiary/aromatic N) is 1. The Balaban J connectivity index is 1.91. The van der Waals surface area contributed by atoms with Crippen molar-refractivity contribution in [3.8, 4) is 0 Å². The molecule has 0 aliphatic heterocycles. The predicted octanol–water partition coefficient (Wildman–Crippen LogP) is 4.87. The summed E-state index contributed by atoms with van der Waals surface area (Å²) in [5.41, 5.74) is 3.58. The molecule has 1 aromatic heterocycles. The average molecular weight is 342 g/mol. The van der Waals surface area contributed by atoms with Gasteiger partial charge in [-0.2, -0.15) is 0 Å². The largest absolute Gasteiger partial charge is 0.477 e. The van der Waals surface area contributed by atoms with Crippen molar-refractivity contribution in [1.82, 2.24) is 9.88 Å². The SMILES string of the molecule is CCn1c(C(=O)O)c(CNC2CCCCCCC2)c2ccc(C)cc21. The summed E-state index contributed by atoms with van der Waals surface area (Å²) in [6, 6.07) is 6.77. The zero-order valence-electron chi connectivity index (χ0n) is 15.5. The van der Waals surface area contributed by atoms with Crippen LogP contribution < -0.4 is 5.32 Å². The minimum atomic E-state index is -0.829. The quantitative estimate of drug-likeness (QED) is 0.815. The van der Waals surface area contributed by atoms with Gasteiger partial charge in [0.2, 0.25) is 0 Å². The van der Waals surface area contributed by atoms with Crippen LogP contribution in [0.2, 0.25) is 0 Å². The van der Waals surface area contributed by atoms with Crippen molar-refractivity contribution in [3.05, 3.63) is 35.0 Å². The number of hydrogen-bond acceptors (Lipinski definition) is 2. The molecule has 1 aliphatic carbocycles. The molecule has 1 fully saturated rings. The molecule has 3 rings (SSSR count). The molecule has 4 heteroatoms. The van der Waals surface area contributed by atoms with Gasteiger partial charge in [0.1, 0.15) is 5.69 Å². The normalized spacial score (nSPS) is 16.7. The van der Waals surface area contributed by atoms with Crippen LogP contribution in [-0.4, -0.2) is 21.7 Å². The summed E-state index contributed by atoms with van der Waals surface area (Å²) in [6.07, 6.45) is 8.97. The van der Waals surface area contributed by atoms with Crippen LogP contribution in [0.15, 0.2) is 18.2 Å². The first-order valence-corrected chi connectivity index (χ1v) is 9.70. The van der Waals surface area contributed by atoms with Gasteiger partial charge in [-0.3, -0.25) is 0 Å². The van der Waals surface area contributed by atoms with Crippen LogP contribution in [0, 0.1) is 6.92 Å². The number of aryl methyl sites for hydroxylation is 2. The van der Waals surface area contributed by atoms with Gasteiger partial charge in [0.15, 0.2) is 0 Å². The zero-order chi connectivity index (χ0) is 17.8. The molecule has 2 aromatic rings. The van der Waals surface area contributed by atoms with E-state index in [0.717, 1.165) is 22.0 Å². The van der Waals surface area contributed by atoms with Crippen LogP contribution in [0.3, 0.4) is 0 Å². The van der Waals surface area contributed by atoms with Crippen molar-refractivity contribution in [3.63, 3.8) is 0 Å². The number of carboxylic acids is 1. The average Bonchev–Trinajstić information content (AvgIpc) is 2.86. The summed E-state index contributed by atoms with van der Waals surface area (Å²) in [4.78, 5) is 12.0. The van der Waals surface area contributed by atoms with Gasteiger partial charge in [-0.15, -0.1) is 0 Å². The number of nitrogens with one attached hydrogen (secondary N) is 1. The van der Waals surface area contributed by atoms with Crippen molar-refractivity contribution < 1.29 is 9.90 Å². The molecule has 1 saturated carbocycles. The van der Waals surface area contributed by atoms with Crippen LogP contribution in [0.1, 0.15) is 73.5 Å². The maximum absolute atomic E-state index is 12.0. The van der Waals surface area contributed by atoms with Gasteiger partial charge in [-0.05, 0) is 38.3 Å². The molecule has 4 nitrogen and oxygen atoms in total. The fourth-order valence-electron chi connectivity index (χ4n) is 4.19. The van der Waals surface area contributed by atoms with Gasteiger partial charge in [-0.25, -0.2) is 4.79 Å². The lowest BCUT2D eigenvalue weighted by molar-refractivity contribution is 0.0684. The second kappa shape index (κ2) is 8.05. The lowest BCUT2D eigenvalue weighted by atomic mass is 9.96. The van der Waals surface area contributed by atoms with E-state index < -0.39 is 5.97 Å². The van der Waals surface area contributed by atoms with Crippen molar-refractivity contribution in [2.24, 2.45) is 0 Å². The Labute approximate surface area is 150 Å². The number of carbonyl (C=O) groups is 1. The first kappa shape index (κ1) is 18.0. The molecule has 0 atom stereocenters. The van der Waals surface area contributed by atoms with Crippen LogP contribution >= 0.6 is 0 Å². The Hall–Kier alpha value is -1.81. The van der Waals surface area contributed by atoms with Gasteiger partial charge in [-0.1, -0.05) is 44.2 Å². The highest BCUT2D eigenvalue weighted by molar-refractivity contribution is 5.98. The van der Waals surface area contributed by atoms with E-state index in [1.54, 1.807) is 0 Å². The first-order chi connectivity index (χ1) is 12.1. The second-order valence-electron chi connectivity index (χ2n) is 7.32. The second-order valence-corrected chi connectivity index (χ2v) is 7.32. The Morgan fingerprint density at radius 1 is 1.20 bits per heavy atom. The fourth-order valence-corrected chi connectivity index (χ4v) is 4.19. The third kappa shape index (κ3) is 3.90. The topological polar surface area (TPSA) is 54.3 Å². The van der Waals surface area contributed by atoms with Crippen LogP contribution in [0.4, 0.5) is 0 Å². The summed E-state index contributed by atoms with van der Waals surface area (Å²) in [5, 5.41) is 14.6. The Bertz CT molecular complexity index is 740. The highest BCUT2D eigenvalue weighted by Crippen LogP contribution is 2.28. The third-order valence-corrected chi connectivity index (χ3v) is 5.52. The first-order valence-electron chi connectivity index (χ1n) is 9.70. The molecule has 0 spiro atoms. The minimum absolute atomic E-state index is 0.446. The lowest BCUT2D eigenvalue weighted by Crippen LogP contribution is -2.30. The standard InChI is InChI=1S/C21H30N2O2/c1-3-23-19-13-15(2)11-12-17(19)18(20(23)21(24)25)14-22-16-9-7-5-4-6-8-10-16/h11-13,16,22H,3-10,14H2,1-2H3,(H,24,25). The van der Waals surface area contributed by atoms with E-state index in [0.29, 0.717) is 24.8 Å². The molecular weight excluding hydrogens is 312 g/mol. The highest BCUT2D eigenvalue weighted by Gasteiger charge is 2.22. The van der Waals surface area contributed by atoms with Crippen molar-refractivity contribution in [2.45, 2.75) is 77.9 Å². The van der Waals surface area contributed by atoms with E-state index in [2.05, 4.69) is 30.4 Å². The third-order valence-electron chi connectivity index (χ3n) is 5.52. The number of aromatic nitrogens is 1. The monoisotopic (exact) mass is 342 g/mol. The maximum Gasteiger partial charge on any atom is 0.352 e.